The Bertz CT molecular complexity index is 639. The van der Waals surface area contributed by atoms with Gasteiger partial charge in [0.2, 0.25) is 5.91 Å². The maximum Gasteiger partial charge on any atom is 0.223 e. The Balaban J connectivity index is 2.04. The van der Waals surface area contributed by atoms with Crippen LogP contribution in [-0.4, -0.2) is 32.1 Å². The summed E-state index contributed by atoms with van der Waals surface area (Å²) in [4.78, 5) is 11.0. The van der Waals surface area contributed by atoms with Gasteiger partial charge in [0.05, 0.1) is 18.6 Å². The van der Waals surface area contributed by atoms with Crippen LogP contribution in [-0.2, 0) is 17.6 Å². The fourth-order valence-electron chi connectivity index (χ4n) is 2.60. The van der Waals surface area contributed by atoms with E-state index in [4.69, 9.17) is 11.5 Å². The Morgan fingerprint density at radius 3 is 2.65 bits per heavy atom. The van der Waals surface area contributed by atoms with Crippen LogP contribution in [0.2, 0.25) is 0 Å². The molecular formula is C16H23N5O2. The number of rotatable bonds is 8. The molecule has 1 amide bonds. The van der Waals surface area contributed by atoms with Crippen molar-refractivity contribution < 1.29 is 9.90 Å². The largest absolute Gasteiger partial charge is 0.391 e. The number of anilines is 1. The van der Waals surface area contributed by atoms with E-state index in [0.717, 1.165) is 12.8 Å². The lowest BCUT2D eigenvalue weighted by Gasteiger charge is -2.21. The van der Waals surface area contributed by atoms with Crippen molar-refractivity contribution >= 4 is 11.7 Å². The lowest BCUT2D eigenvalue weighted by Crippen LogP contribution is -2.24. The summed E-state index contributed by atoms with van der Waals surface area (Å²) in [7, 11) is 0. The standard InChI is InChI=1S/C16H23N5O2/c1-11(22)14(9-5-8-12-6-3-2-4-7-12)21-16(18)13(19-20-21)10-15(17)23/h2-4,6-7,11,14,22H,5,8-10,18H2,1H3,(H2,17,23). The summed E-state index contributed by atoms with van der Waals surface area (Å²) in [6.07, 6.45) is 1.81. The topological polar surface area (TPSA) is 120 Å². The molecule has 2 rings (SSSR count). The minimum atomic E-state index is -0.629. The van der Waals surface area contributed by atoms with Crippen LogP contribution in [0.4, 0.5) is 5.82 Å². The number of aliphatic hydroxyl groups excluding tert-OH is 1. The van der Waals surface area contributed by atoms with Gasteiger partial charge in [-0.05, 0) is 31.7 Å². The Morgan fingerprint density at radius 1 is 1.35 bits per heavy atom. The van der Waals surface area contributed by atoms with E-state index in [1.807, 2.05) is 18.2 Å². The first kappa shape index (κ1) is 17.0. The quantitative estimate of drug-likeness (QED) is 0.666. The van der Waals surface area contributed by atoms with Crippen molar-refractivity contribution in [3.05, 3.63) is 41.6 Å². The summed E-state index contributed by atoms with van der Waals surface area (Å²) in [5, 5.41) is 17.9. The summed E-state index contributed by atoms with van der Waals surface area (Å²) in [6, 6.07) is 9.87. The van der Waals surface area contributed by atoms with Gasteiger partial charge in [-0.1, -0.05) is 35.5 Å². The summed E-state index contributed by atoms with van der Waals surface area (Å²) in [5.74, 6) is -0.226. The molecule has 2 unspecified atom stereocenters. The molecule has 0 spiro atoms. The van der Waals surface area contributed by atoms with E-state index < -0.39 is 12.0 Å². The number of nitrogens with two attached hydrogens (primary N) is 2. The molecule has 0 aliphatic heterocycles. The van der Waals surface area contributed by atoms with Gasteiger partial charge in [0.15, 0.2) is 0 Å². The third-order valence-electron chi connectivity index (χ3n) is 3.83. The Hall–Kier alpha value is -2.41. The second-order valence-electron chi connectivity index (χ2n) is 5.69. The van der Waals surface area contributed by atoms with Crippen molar-refractivity contribution in [1.29, 1.82) is 0 Å². The van der Waals surface area contributed by atoms with Crippen molar-refractivity contribution in [2.45, 2.75) is 44.8 Å². The number of hydrogen-bond donors (Lipinski definition) is 3. The number of hydrogen-bond acceptors (Lipinski definition) is 5. The molecule has 1 heterocycles. The Labute approximate surface area is 135 Å². The SMILES string of the molecule is CC(O)C(CCCc1ccccc1)n1nnc(CC(N)=O)c1N. The average molecular weight is 317 g/mol. The second kappa shape index (κ2) is 7.73. The number of primary amides is 1. The maximum atomic E-state index is 11.0. The van der Waals surface area contributed by atoms with Crippen molar-refractivity contribution in [3.8, 4) is 0 Å². The number of aromatic nitrogens is 3. The minimum absolute atomic E-state index is 0.0532. The number of carbonyl (C=O) groups is 1. The summed E-state index contributed by atoms with van der Waals surface area (Å²) >= 11 is 0. The molecule has 2 atom stereocenters. The molecule has 0 saturated carbocycles. The molecule has 1 aromatic heterocycles. The highest BCUT2D eigenvalue weighted by atomic mass is 16.3. The highest BCUT2D eigenvalue weighted by molar-refractivity contribution is 5.77. The summed E-state index contributed by atoms with van der Waals surface area (Å²) < 4.78 is 1.49. The molecule has 0 aliphatic rings. The Morgan fingerprint density at radius 2 is 2.04 bits per heavy atom. The fourth-order valence-corrected chi connectivity index (χ4v) is 2.60. The predicted molar refractivity (Wildman–Crippen MR) is 87.4 cm³/mol. The molecule has 5 N–H and O–H groups in total. The fraction of sp³-hybridized carbons (Fsp3) is 0.438. The van der Waals surface area contributed by atoms with Gasteiger partial charge >= 0.3 is 0 Å². The van der Waals surface area contributed by atoms with E-state index in [2.05, 4.69) is 22.4 Å². The van der Waals surface area contributed by atoms with E-state index >= 15 is 0 Å². The van der Waals surface area contributed by atoms with Crippen LogP contribution in [0.25, 0.3) is 0 Å². The molecule has 124 valence electrons. The molecule has 23 heavy (non-hydrogen) atoms. The number of aliphatic hydroxyl groups is 1. The van der Waals surface area contributed by atoms with Crippen LogP contribution >= 0.6 is 0 Å². The molecular weight excluding hydrogens is 294 g/mol. The predicted octanol–water partition coefficient (Wildman–Crippen LogP) is 0.833. The van der Waals surface area contributed by atoms with Gasteiger partial charge in [-0.3, -0.25) is 4.79 Å². The first-order valence-electron chi connectivity index (χ1n) is 7.69. The summed E-state index contributed by atoms with van der Waals surface area (Å²) in [6.45, 7) is 1.70. The van der Waals surface area contributed by atoms with Crippen molar-refractivity contribution in [2.75, 3.05) is 5.73 Å². The van der Waals surface area contributed by atoms with Gasteiger partial charge < -0.3 is 16.6 Å². The van der Waals surface area contributed by atoms with Gasteiger partial charge in [-0.25, -0.2) is 4.68 Å². The van der Waals surface area contributed by atoms with Crippen molar-refractivity contribution in [1.82, 2.24) is 15.0 Å². The zero-order valence-electron chi connectivity index (χ0n) is 13.2. The Kier molecular flexibility index (Phi) is 5.70. The first-order chi connectivity index (χ1) is 11.0. The van der Waals surface area contributed by atoms with Crippen LogP contribution in [0.15, 0.2) is 30.3 Å². The maximum absolute atomic E-state index is 11.0. The first-order valence-corrected chi connectivity index (χ1v) is 7.69. The van der Waals surface area contributed by atoms with E-state index in [9.17, 15) is 9.90 Å². The molecule has 7 nitrogen and oxygen atoms in total. The lowest BCUT2D eigenvalue weighted by molar-refractivity contribution is -0.117. The highest BCUT2D eigenvalue weighted by Crippen LogP contribution is 2.23. The van der Waals surface area contributed by atoms with Gasteiger partial charge in [0, 0.05) is 0 Å². The third kappa shape index (κ3) is 4.53. The zero-order valence-corrected chi connectivity index (χ0v) is 13.2. The molecule has 0 fully saturated rings. The van der Waals surface area contributed by atoms with E-state index in [-0.39, 0.29) is 18.3 Å². The number of aryl methyl sites for hydroxylation is 1. The number of carbonyl (C=O) groups excluding carboxylic acids is 1. The number of benzene rings is 1. The molecule has 7 heteroatoms. The molecule has 1 aromatic carbocycles. The number of nitrogen functional groups attached to an aromatic ring is 1. The van der Waals surface area contributed by atoms with Crippen LogP contribution in [0.5, 0.6) is 0 Å². The minimum Gasteiger partial charge on any atom is -0.391 e. The van der Waals surface area contributed by atoms with E-state index in [0.29, 0.717) is 12.1 Å². The van der Waals surface area contributed by atoms with Crippen LogP contribution < -0.4 is 11.5 Å². The second-order valence-corrected chi connectivity index (χ2v) is 5.69. The molecule has 0 bridgehead atoms. The molecule has 0 aliphatic carbocycles. The smallest absolute Gasteiger partial charge is 0.223 e. The van der Waals surface area contributed by atoms with Crippen molar-refractivity contribution in [3.63, 3.8) is 0 Å². The van der Waals surface area contributed by atoms with Crippen LogP contribution in [0.1, 0.15) is 37.1 Å². The summed E-state index contributed by atoms with van der Waals surface area (Å²) in [5.41, 5.74) is 12.8. The van der Waals surface area contributed by atoms with Crippen LogP contribution in [0, 0.1) is 0 Å². The molecule has 2 aromatic rings. The number of amides is 1. The van der Waals surface area contributed by atoms with E-state index in [1.165, 1.54) is 10.2 Å². The van der Waals surface area contributed by atoms with Gasteiger partial charge in [-0.2, -0.15) is 0 Å². The zero-order chi connectivity index (χ0) is 16.8. The van der Waals surface area contributed by atoms with Crippen LogP contribution in [0.3, 0.4) is 0 Å². The van der Waals surface area contributed by atoms with E-state index in [1.54, 1.807) is 6.92 Å². The third-order valence-corrected chi connectivity index (χ3v) is 3.83. The van der Waals surface area contributed by atoms with Gasteiger partial charge in [0.25, 0.3) is 0 Å². The van der Waals surface area contributed by atoms with Gasteiger partial charge in [0.1, 0.15) is 11.5 Å². The monoisotopic (exact) mass is 317 g/mol. The normalized spacial score (nSPS) is 13.7. The average Bonchev–Trinajstić information content (AvgIpc) is 2.85. The molecule has 0 saturated heterocycles. The molecule has 0 radical (unpaired) electrons. The number of nitrogens with zero attached hydrogens (tertiary/aromatic N) is 3. The van der Waals surface area contributed by atoms with Crippen molar-refractivity contribution in [2.24, 2.45) is 5.73 Å². The highest BCUT2D eigenvalue weighted by Gasteiger charge is 2.23. The lowest BCUT2D eigenvalue weighted by atomic mass is 10.0. The van der Waals surface area contributed by atoms with Gasteiger partial charge in [-0.15, -0.1) is 5.10 Å².